The van der Waals surface area contributed by atoms with Crippen molar-refractivity contribution in [3.8, 4) is 5.75 Å². The molecule has 1 unspecified atom stereocenters. The first-order chi connectivity index (χ1) is 10.7. The summed E-state index contributed by atoms with van der Waals surface area (Å²) >= 11 is 13.3. The van der Waals surface area contributed by atoms with Crippen molar-refractivity contribution in [3.05, 3.63) is 101 Å². The van der Waals surface area contributed by atoms with Gasteiger partial charge in [-0.05, 0) is 18.2 Å². The number of para-hydroxylation sites is 1. The van der Waals surface area contributed by atoms with Gasteiger partial charge in [-0.3, -0.25) is 0 Å². The van der Waals surface area contributed by atoms with Gasteiger partial charge in [-0.15, -0.1) is 0 Å². The summed E-state index contributed by atoms with van der Waals surface area (Å²) in [5.74, 6) is 0.682. The maximum atomic E-state index is 6.92. The highest BCUT2D eigenvalue weighted by Gasteiger charge is 2.36. The summed E-state index contributed by atoms with van der Waals surface area (Å²) in [5, 5.41) is -0.613. The van der Waals surface area contributed by atoms with Gasteiger partial charge in [0.15, 0.2) is 0 Å². The van der Waals surface area contributed by atoms with Crippen LogP contribution in [0.4, 0.5) is 0 Å². The first-order valence-corrected chi connectivity index (χ1v) is 7.69. The summed E-state index contributed by atoms with van der Waals surface area (Å²) in [6, 6.07) is 26.6. The predicted molar refractivity (Wildman–Crippen MR) is 91.6 cm³/mol. The number of alkyl halides is 1. The molecule has 3 heteroatoms. The molecule has 1 atom stereocenters. The summed E-state index contributed by atoms with van der Waals surface area (Å²) < 4.78 is 6.14. The second-order valence-electron chi connectivity index (χ2n) is 4.86. The third kappa shape index (κ3) is 2.96. The van der Waals surface area contributed by atoms with Crippen LogP contribution in [0.5, 0.6) is 5.75 Å². The number of hydrogen-bond donors (Lipinski definition) is 0. The van der Waals surface area contributed by atoms with Crippen LogP contribution in [0, 0.1) is 0 Å². The Morgan fingerprint density at radius 3 is 1.86 bits per heavy atom. The van der Waals surface area contributed by atoms with Crippen LogP contribution in [0.3, 0.4) is 0 Å². The zero-order valence-electron chi connectivity index (χ0n) is 11.7. The van der Waals surface area contributed by atoms with Gasteiger partial charge >= 0.3 is 0 Å². The minimum Gasteiger partial charge on any atom is -0.463 e. The largest absolute Gasteiger partial charge is 0.463 e. The van der Waals surface area contributed by atoms with Crippen molar-refractivity contribution in [3.63, 3.8) is 0 Å². The molecule has 3 rings (SSSR count). The smallest absolute Gasteiger partial charge is 0.235 e. The lowest BCUT2D eigenvalue weighted by atomic mass is 10.0. The normalized spacial score (nSPS) is 13.4. The van der Waals surface area contributed by atoms with Gasteiger partial charge in [0, 0.05) is 16.1 Å². The summed E-state index contributed by atoms with van der Waals surface area (Å²) in [7, 11) is 0. The number of benzene rings is 3. The molecule has 0 spiro atoms. The zero-order chi connectivity index (χ0) is 15.4. The van der Waals surface area contributed by atoms with Gasteiger partial charge < -0.3 is 4.74 Å². The fourth-order valence-corrected chi connectivity index (χ4v) is 2.99. The fourth-order valence-electron chi connectivity index (χ4n) is 2.29. The van der Waals surface area contributed by atoms with E-state index >= 15 is 0 Å². The lowest BCUT2D eigenvalue weighted by Gasteiger charge is -2.30. The van der Waals surface area contributed by atoms with E-state index in [2.05, 4.69) is 0 Å². The first kappa shape index (κ1) is 15.0. The molecule has 3 aromatic carbocycles. The molecular formula is C19H14Cl2O. The molecule has 110 valence electrons. The molecule has 0 fully saturated rings. The third-order valence-electron chi connectivity index (χ3n) is 3.37. The van der Waals surface area contributed by atoms with Crippen molar-refractivity contribution in [1.82, 2.24) is 0 Å². The standard InChI is InChI=1S/C19H14Cl2O/c20-18-14-8-7-13-17(18)19(21,15-9-3-1-4-10-15)22-16-11-5-2-6-12-16/h1-14H. The van der Waals surface area contributed by atoms with Crippen LogP contribution in [0.15, 0.2) is 84.9 Å². The van der Waals surface area contributed by atoms with Crippen LogP contribution in [0.2, 0.25) is 5.02 Å². The molecular weight excluding hydrogens is 315 g/mol. The van der Waals surface area contributed by atoms with Gasteiger partial charge in [-0.25, -0.2) is 0 Å². The van der Waals surface area contributed by atoms with Gasteiger partial charge in [-0.2, -0.15) is 0 Å². The van der Waals surface area contributed by atoms with Gasteiger partial charge in [0.05, 0.1) is 0 Å². The maximum Gasteiger partial charge on any atom is 0.235 e. The fraction of sp³-hybridized carbons (Fsp3) is 0.0526. The van der Waals surface area contributed by atoms with Crippen LogP contribution in [0.25, 0.3) is 0 Å². The van der Waals surface area contributed by atoms with Gasteiger partial charge in [-0.1, -0.05) is 89.9 Å². The van der Waals surface area contributed by atoms with Crippen molar-refractivity contribution in [2.24, 2.45) is 0 Å². The Morgan fingerprint density at radius 2 is 1.23 bits per heavy atom. The Hall–Kier alpha value is -1.96. The van der Waals surface area contributed by atoms with Gasteiger partial charge in [0.2, 0.25) is 5.06 Å². The SMILES string of the molecule is Clc1ccccc1C(Cl)(Oc1ccccc1)c1ccccc1. The Morgan fingerprint density at radius 1 is 0.682 bits per heavy atom. The highest BCUT2D eigenvalue weighted by Crippen LogP contribution is 2.41. The molecule has 3 aromatic rings. The summed E-state index contributed by atoms with van der Waals surface area (Å²) in [5.41, 5.74) is 1.54. The number of ether oxygens (including phenoxy) is 1. The summed E-state index contributed by atoms with van der Waals surface area (Å²) in [4.78, 5) is 0. The summed E-state index contributed by atoms with van der Waals surface area (Å²) in [6.07, 6.45) is 0. The number of hydrogen-bond acceptors (Lipinski definition) is 1. The molecule has 0 aliphatic rings. The molecule has 1 nitrogen and oxygen atoms in total. The van der Waals surface area contributed by atoms with E-state index in [0.29, 0.717) is 16.3 Å². The van der Waals surface area contributed by atoms with Gasteiger partial charge in [0.25, 0.3) is 0 Å². The van der Waals surface area contributed by atoms with E-state index in [1.54, 1.807) is 0 Å². The second-order valence-corrected chi connectivity index (χ2v) is 5.80. The Kier molecular flexibility index (Phi) is 4.37. The molecule has 22 heavy (non-hydrogen) atoms. The van der Waals surface area contributed by atoms with Crippen LogP contribution < -0.4 is 4.74 Å². The quantitative estimate of drug-likeness (QED) is 0.545. The third-order valence-corrected chi connectivity index (χ3v) is 4.20. The average molecular weight is 329 g/mol. The van der Waals surface area contributed by atoms with E-state index in [0.717, 1.165) is 5.56 Å². The molecule has 0 N–H and O–H groups in total. The van der Waals surface area contributed by atoms with Crippen LogP contribution in [-0.2, 0) is 5.06 Å². The van der Waals surface area contributed by atoms with Crippen LogP contribution in [-0.4, -0.2) is 0 Å². The van der Waals surface area contributed by atoms with E-state index in [1.165, 1.54) is 0 Å². The molecule has 0 aliphatic heterocycles. The molecule has 0 aromatic heterocycles. The van der Waals surface area contributed by atoms with Crippen LogP contribution >= 0.6 is 23.2 Å². The van der Waals surface area contributed by atoms with Crippen LogP contribution in [0.1, 0.15) is 11.1 Å². The van der Waals surface area contributed by atoms with E-state index in [4.69, 9.17) is 27.9 Å². The Labute approximate surface area is 140 Å². The minimum absolute atomic E-state index is 0.567. The molecule has 0 heterocycles. The lowest BCUT2D eigenvalue weighted by Crippen LogP contribution is -2.28. The van der Waals surface area contributed by atoms with Crippen molar-refractivity contribution in [2.45, 2.75) is 5.06 Å². The highest BCUT2D eigenvalue weighted by molar-refractivity contribution is 6.33. The lowest BCUT2D eigenvalue weighted by molar-refractivity contribution is 0.202. The zero-order valence-corrected chi connectivity index (χ0v) is 13.3. The van der Waals surface area contributed by atoms with Gasteiger partial charge in [0.1, 0.15) is 5.75 Å². The molecule has 0 bridgehead atoms. The maximum absolute atomic E-state index is 6.92. The molecule has 0 saturated carbocycles. The monoisotopic (exact) mass is 328 g/mol. The van der Waals surface area contributed by atoms with E-state index in [9.17, 15) is 0 Å². The Balaban J connectivity index is 2.12. The molecule has 0 aliphatic carbocycles. The van der Waals surface area contributed by atoms with Crippen molar-refractivity contribution in [1.29, 1.82) is 0 Å². The second kappa shape index (κ2) is 6.43. The number of halogens is 2. The highest BCUT2D eigenvalue weighted by atomic mass is 35.5. The van der Waals surface area contributed by atoms with E-state index in [-0.39, 0.29) is 0 Å². The van der Waals surface area contributed by atoms with Crippen molar-refractivity contribution in [2.75, 3.05) is 0 Å². The Bertz CT molecular complexity index is 744. The predicted octanol–water partition coefficient (Wildman–Crippen LogP) is 5.86. The topological polar surface area (TPSA) is 9.23 Å². The molecule has 0 amide bonds. The van der Waals surface area contributed by atoms with E-state index in [1.807, 2.05) is 84.9 Å². The number of rotatable bonds is 4. The summed E-state index contributed by atoms with van der Waals surface area (Å²) in [6.45, 7) is 0. The molecule has 0 radical (unpaired) electrons. The van der Waals surface area contributed by atoms with E-state index < -0.39 is 5.06 Å². The van der Waals surface area contributed by atoms with Crippen molar-refractivity contribution < 1.29 is 4.74 Å². The average Bonchev–Trinajstić information content (AvgIpc) is 2.57. The minimum atomic E-state index is -1.18. The van der Waals surface area contributed by atoms with Crippen molar-refractivity contribution >= 4 is 23.2 Å². The molecule has 0 saturated heterocycles. The first-order valence-electron chi connectivity index (χ1n) is 6.93.